The molecule has 0 unspecified atom stereocenters. The zero-order chi connectivity index (χ0) is 20.0. The minimum absolute atomic E-state index is 0.0946. The van der Waals surface area contributed by atoms with Crippen LogP contribution in [0.4, 0.5) is 0 Å². The number of ether oxygens (including phenoxy) is 1. The van der Waals surface area contributed by atoms with Crippen molar-refractivity contribution in [1.82, 2.24) is 9.78 Å². The summed E-state index contributed by atoms with van der Waals surface area (Å²) in [4.78, 5) is 13.6. The summed E-state index contributed by atoms with van der Waals surface area (Å²) in [6.45, 7) is 5.97. The number of methoxy groups -OCH3 is 1. The van der Waals surface area contributed by atoms with E-state index in [9.17, 15) is 4.79 Å². The first-order valence-electron chi connectivity index (χ1n) is 9.11. The molecule has 0 aliphatic heterocycles. The van der Waals surface area contributed by atoms with Gasteiger partial charge < -0.3 is 9.15 Å². The zero-order valence-corrected chi connectivity index (χ0v) is 16.7. The van der Waals surface area contributed by atoms with Crippen LogP contribution >= 0.6 is 0 Å². The monoisotopic (exact) mass is 374 g/mol. The maximum absolute atomic E-state index is 13.6. The first kappa shape index (κ1) is 18.0. The van der Waals surface area contributed by atoms with Gasteiger partial charge in [0.15, 0.2) is 5.78 Å². The normalized spacial score (nSPS) is 11.2. The molecule has 0 spiro atoms. The molecule has 0 atom stereocenters. The minimum atomic E-state index is -0.0946. The third-order valence-corrected chi connectivity index (χ3v) is 5.14. The number of aromatic nitrogens is 2. The Labute approximate surface area is 163 Å². The van der Waals surface area contributed by atoms with Crippen molar-refractivity contribution in [3.05, 3.63) is 70.5 Å². The van der Waals surface area contributed by atoms with Gasteiger partial charge in [0.25, 0.3) is 0 Å². The van der Waals surface area contributed by atoms with E-state index in [1.165, 1.54) is 0 Å². The van der Waals surface area contributed by atoms with Gasteiger partial charge in [-0.15, -0.1) is 0 Å². The first-order valence-corrected chi connectivity index (χ1v) is 9.11. The van der Waals surface area contributed by atoms with E-state index in [2.05, 4.69) is 5.10 Å². The summed E-state index contributed by atoms with van der Waals surface area (Å²) < 4.78 is 13.3. The second-order valence-corrected chi connectivity index (χ2v) is 7.16. The predicted octanol–water partition coefficient (Wildman–Crippen LogP) is 5.00. The lowest BCUT2D eigenvalue weighted by molar-refractivity contribution is 0.104. The molecule has 0 amide bonds. The van der Waals surface area contributed by atoms with Crippen molar-refractivity contribution in [2.24, 2.45) is 7.05 Å². The van der Waals surface area contributed by atoms with Crippen LogP contribution in [0.25, 0.3) is 22.3 Å². The fourth-order valence-electron chi connectivity index (χ4n) is 3.49. The van der Waals surface area contributed by atoms with Crippen LogP contribution in [0.3, 0.4) is 0 Å². The summed E-state index contributed by atoms with van der Waals surface area (Å²) >= 11 is 0. The molecule has 0 saturated heterocycles. The van der Waals surface area contributed by atoms with Gasteiger partial charge in [0.05, 0.1) is 24.4 Å². The lowest BCUT2D eigenvalue weighted by atomic mass is 9.95. The van der Waals surface area contributed by atoms with Crippen molar-refractivity contribution in [1.29, 1.82) is 0 Å². The Morgan fingerprint density at radius 1 is 1.14 bits per heavy atom. The molecule has 0 radical (unpaired) electrons. The molecule has 2 heterocycles. The van der Waals surface area contributed by atoms with Crippen molar-refractivity contribution < 1.29 is 13.9 Å². The van der Waals surface area contributed by atoms with Crippen molar-refractivity contribution in [2.75, 3.05) is 7.11 Å². The van der Waals surface area contributed by atoms with E-state index in [0.29, 0.717) is 28.2 Å². The summed E-state index contributed by atoms with van der Waals surface area (Å²) in [5.74, 6) is 1.15. The number of hydrogen-bond donors (Lipinski definition) is 0. The highest BCUT2D eigenvalue weighted by molar-refractivity contribution is 6.19. The number of fused-ring (bicyclic) bond motifs is 1. The number of carbonyl (C=O) groups is 1. The van der Waals surface area contributed by atoms with E-state index < -0.39 is 0 Å². The molecule has 0 fully saturated rings. The Morgan fingerprint density at radius 2 is 1.93 bits per heavy atom. The lowest BCUT2D eigenvalue weighted by Crippen LogP contribution is -2.04. The Morgan fingerprint density at radius 3 is 2.61 bits per heavy atom. The molecule has 0 aliphatic carbocycles. The Kier molecular flexibility index (Phi) is 4.30. The molecular weight excluding hydrogens is 352 g/mol. The van der Waals surface area contributed by atoms with Gasteiger partial charge >= 0.3 is 0 Å². The molecule has 142 valence electrons. The third-order valence-electron chi connectivity index (χ3n) is 5.14. The van der Waals surface area contributed by atoms with Crippen LogP contribution in [0, 0.1) is 20.8 Å². The molecule has 5 nitrogen and oxygen atoms in total. The fourth-order valence-corrected chi connectivity index (χ4v) is 3.49. The van der Waals surface area contributed by atoms with E-state index >= 15 is 0 Å². The smallest absolute Gasteiger partial charge is 0.197 e. The second-order valence-electron chi connectivity index (χ2n) is 7.16. The van der Waals surface area contributed by atoms with Gasteiger partial charge in [0.2, 0.25) is 0 Å². The highest BCUT2D eigenvalue weighted by atomic mass is 16.5. The van der Waals surface area contributed by atoms with Crippen LogP contribution < -0.4 is 4.74 Å². The maximum atomic E-state index is 13.6. The highest BCUT2D eigenvalue weighted by Gasteiger charge is 2.25. The van der Waals surface area contributed by atoms with Gasteiger partial charge in [-0.05, 0) is 55.7 Å². The van der Waals surface area contributed by atoms with Crippen LogP contribution in [0.5, 0.6) is 5.75 Å². The molecule has 5 heteroatoms. The summed E-state index contributed by atoms with van der Waals surface area (Å²) in [7, 11) is 3.46. The number of furan rings is 1. The Bertz CT molecular complexity index is 1210. The van der Waals surface area contributed by atoms with Gasteiger partial charge in [-0.1, -0.05) is 12.1 Å². The van der Waals surface area contributed by atoms with Crippen LogP contribution in [0.15, 0.2) is 47.1 Å². The van der Waals surface area contributed by atoms with E-state index in [1.54, 1.807) is 24.1 Å². The standard InChI is InChI=1S/C23H22N2O3/c1-13-6-7-18-20(8-13)28-23(17-11-24-25(4)12-17)21(18)22(26)16-9-14(2)15(3)19(10-16)27-5/h6-12H,1-5H3. The number of carbonyl (C=O) groups excluding carboxylic acids is 1. The molecule has 0 aliphatic rings. The van der Waals surface area contributed by atoms with Gasteiger partial charge in [0.1, 0.15) is 17.1 Å². The number of benzene rings is 2. The van der Waals surface area contributed by atoms with Crippen LogP contribution in [-0.4, -0.2) is 22.7 Å². The van der Waals surface area contributed by atoms with E-state index in [4.69, 9.17) is 9.15 Å². The molecule has 0 saturated carbocycles. The Hall–Kier alpha value is -3.34. The van der Waals surface area contributed by atoms with Crippen molar-refractivity contribution in [2.45, 2.75) is 20.8 Å². The maximum Gasteiger partial charge on any atom is 0.197 e. The molecule has 4 rings (SSSR count). The summed E-state index contributed by atoms with van der Waals surface area (Å²) in [6, 6.07) is 9.58. The molecular formula is C23H22N2O3. The van der Waals surface area contributed by atoms with Crippen molar-refractivity contribution >= 4 is 16.8 Å². The molecule has 2 aromatic carbocycles. The van der Waals surface area contributed by atoms with Crippen LogP contribution in [0.1, 0.15) is 32.6 Å². The summed E-state index contributed by atoms with van der Waals surface area (Å²) in [6.07, 6.45) is 3.56. The number of nitrogens with zero attached hydrogens (tertiary/aromatic N) is 2. The third kappa shape index (κ3) is 2.89. The Balaban J connectivity index is 1.97. The van der Waals surface area contributed by atoms with Crippen LogP contribution in [0.2, 0.25) is 0 Å². The molecule has 0 bridgehead atoms. The highest BCUT2D eigenvalue weighted by Crippen LogP contribution is 2.36. The first-order chi connectivity index (χ1) is 13.4. The lowest BCUT2D eigenvalue weighted by Gasteiger charge is -2.10. The van der Waals surface area contributed by atoms with E-state index in [-0.39, 0.29) is 5.78 Å². The summed E-state index contributed by atoms with van der Waals surface area (Å²) in [5.41, 5.74) is 5.70. The number of aryl methyl sites for hydroxylation is 3. The van der Waals surface area contributed by atoms with Crippen molar-refractivity contribution in [3.8, 4) is 17.1 Å². The van der Waals surface area contributed by atoms with Crippen LogP contribution in [-0.2, 0) is 7.05 Å². The van der Waals surface area contributed by atoms with E-state index in [0.717, 1.165) is 27.6 Å². The average molecular weight is 374 g/mol. The van der Waals surface area contributed by atoms with Crippen molar-refractivity contribution in [3.63, 3.8) is 0 Å². The quantitative estimate of drug-likeness (QED) is 0.472. The van der Waals surface area contributed by atoms with Gasteiger partial charge in [-0.3, -0.25) is 9.48 Å². The minimum Gasteiger partial charge on any atom is -0.496 e. The second kappa shape index (κ2) is 6.68. The number of rotatable bonds is 4. The molecule has 4 aromatic rings. The largest absolute Gasteiger partial charge is 0.496 e. The fraction of sp³-hybridized carbons (Fsp3) is 0.217. The summed E-state index contributed by atoms with van der Waals surface area (Å²) in [5, 5.41) is 5.03. The number of ketones is 1. The number of hydrogen-bond acceptors (Lipinski definition) is 4. The van der Waals surface area contributed by atoms with E-state index in [1.807, 2.05) is 58.3 Å². The van der Waals surface area contributed by atoms with Gasteiger partial charge in [-0.2, -0.15) is 5.10 Å². The topological polar surface area (TPSA) is 57.3 Å². The molecule has 28 heavy (non-hydrogen) atoms. The average Bonchev–Trinajstić information content (AvgIpc) is 3.26. The van der Waals surface area contributed by atoms with Gasteiger partial charge in [-0.25, -0.2) is 0 Å². The zero-order valence-electron chi connectivity index (χ0n) is 16.7. The van der Waals surface area contributed by atoms with Gasteiger partial charge in [0, 0.05) is 24.2 Å². The molecule has 0 N–H and O–H groups in total. The SMILES string of the molecule is COc1cc(C(=O)c2c(-c3cnn(C)c3)oc3cc(C)ccc23)cc(C)c1C. The molecule has 2 aromatic heterocycles. The predicted molar refractivity (Wildman–Crippen MR) is 109 cm³/mol.